The van der Waals surface area contributed by atoms with Crippen LogP contribution in [0.4, 0.5) is 0 Å². The Balaban J connectivity index is 2.07. The molecule has 0 aliphatic carbocycles. The van der Waals surface area contributed by atoms with E-state index in [0.717, 1.165) is 27.0 Å². The van der Waals surface area contributed by atoms with Gasteiger partial charge in [0, 0.05) is 6.20 Å². The zero-order chi connectivity index (χ0) is 14.1. The molecule has 0 aliphatic heterocycles. The molecule has 0 N–H and O–H groups in total. The smallest absolute Gasteiger partial charge is 0.241 e. The van der Waals surface area contributed by atoms with Crippen LogP contribution in [0.2, 0.25) is 0 Å². The summed E-state index contributed by atoms with van der Waals surface area (Å²) >= 11 is 3.61. The van der Waals surface area contributed by atoms with Gasteiger partial charge in [-0.3, -0.25) is 4.98 Å². The molecule has 0 atom stereocenters. The highest BCUT2D eigenvalue weighted by Gasteiger charge is 2.10. The number of rotatable bonds is 2. The van der Waals surface area contributed by atoms with E-state index in [0.29, 0.717) is 5.88 Å². The molecule has 3 aromatic rings. The van der Waals surface area contributed by atoms with Gasteiger partial charge in [-0.25, -0.2) is 4.98 Å². The van der Waals surface area contributed by atoms with Crippen molar-refractivity contribution in [2.45, 2.75) is 13.8 Å². The first-order valence-electron chi connectivity index (χ1n) is 6.30. The van der Waals surface area contributed by atoms with Gasteiger partial charge in [-0.1, -0.05) is 30.3 Å². The Bertz CT molecular complexity index is 787. The molecule has 1 heterocycles. The van der Waals surface area contributed by atoms with Gasteiger partial charge in [0.15, 0.2) is 0 Å². The molecule has 0 amide bonds. The number of fused-ring (bicyclic) bond motifs is 1. The fraction of sp³-hybridized carbons (Fsp3) is 0.125. The van der Waals surface area contributed by atoms with Gasteiger partial charge >= 0.3 is 0 Å². The maximum absolute atomic E-state index is 5.91. The number of hydrogen-bond donors (Lipinski definition) is 0. The van der Waals surface area contributed by atoms with Crippen molar-refractivity contribution in [1.82, 2.24) is 9.97 Å². The summed E-state index contributed by atoms with van der Waals surface area (Å²) in [6.45, 7) is 3.78. The number of benzene rings is 2. The van der Waals surface area contributed by atoms with Gasteiger partial charge < -0.3 is 4.74 Å². The number of hydrogen-bond acceptors (Lipinski definition) is 3. The van der Waals surface area contributed by atoms with Crippen LogP contribution >= 0.6 is 15.9 Å². The zero-order valence-corrected chi connectivity index (χ0v) is 12.8. The molecule has 2 aromatic carbocycles. The predicted molar refractivity (Wildman–Crippen MR) is 83.2 cm³/mol. The number of ether oxygens (including phenoxy) is 1. The molecule has 0 saturated heterocycles. The van der Waals surface area contributed by atoms with Crippen LogP contribution in [0.5, 0.6) is 11.6 Å². The van der Waals surface area contributed by atoms with Gasteiger partial charge in [0.05, 0.1) is 15.9 Å². The zero-order valence-electron chi connectivity index (χ0n) is 11.2. The van der Waals surface area contributed by atoms with Crippen molar-refractivity contribution in [3.63, 3.8) is 0 Å². The normalized spacial score (nSPS) is 10.8. The number of halogens is 1. The molecule has 100 valence electrons. The Kier molecular flexibility index (Phi) is 3.40. The molecule has 0 aliphatic rings. The van der Waals surface area contributed by atoms with Crippen LogP contribution in [0.15, 0.2) is 47.1 Å². The number of nitrogens with zero attached hydrogens (tertiary/aromatic N) is 2. The maximum atomic E-state index is 5.91. The van der Waals surface area contributed by atoms with E-state index in [1.54, 1.807) is 6.20 Å². The van der Waals surface area contributed by atoms with Crippen molar-refractivity contribution in [3.8, 4) is 11.6 Å². The van der Waals surface area contributed by atoms with Crippen LogP contribution in [-0.2, 0) is 0 Å². The third-order valence-electron chi connectivity index (χ3n) is 3.07. The standard InChI is InChI=1S/C16H13BrN2O/c1-10-9-18-11(2)16(19-10)20-14-8-7-12-5-3-4-6-13(12)15(14)17/h3-9H,1-2H3. The van der Waals surface area contributed by atoms with E-state index < -0.39 is 0 Å². The van der Waals surface area contributed by atoms with Gasteiger partial charge in [0.25, 0.3) is 0 Å². The first kappa shape index (κ1) is 13.1. The fourth-order valence-corrected chi connectivity index (χ4v) is 2.58. The monoisotopic (exact) mass is 328 g/mol. The van der Waals surface area contributed by atoms with E-state index in [1.165, 1.54) is 5.39 Å². The summed E-state index contributed by atoms with van der Waals surface area (Å²) in [5, 5.41) is 2.28. The average Bonchev–Trinajstić information content (AvgIpc) is 2.46. The second-order valence-corrected chi connectivity index (χ2v) is 5.40. The minimum atomic E-state index is 0.543. The van der Waals surface area contributed by atoms with E-state index in [-0.39, 0.29) is 0 Å². The lowest BCUT2D eigenvalue weighted by Gasteiger charge is -2.11. The van der Waals surface area contributed by atoms with E-state index in [9.17, 15) is 0 Å². The summed E-state index contributed by atoms with van der Waals surface area (Å²) in [4.78, 5) is 8.65. The molecule has 0 spiro atoms. The molecule has 1 aromatic heterocycles. The van der Waals surface area contributed by atoms with E-state index in [4.69, 9.17) is 4.74 Å². The van der Waals surface area contributed by atoms with Gasteiger partial charge in [0.2, 0.25) is 5.88 Å². The fourth-order valence-electron chi connectivity index (χ4n) is 2.01. The van der Waals surface area contributed by atoms with E-state index in [2.05, 4.69) is 38.0 Å². The molecule has 0 radical (unpaired) electrons. The maximum Gasteiger partial charge on any atom is 0.241 e. The Morgan fingerprint density at radius 1 is 1.05 bits per heavy atom. The van der Waals surface area contributed by atoms with Gasteiger partial charge in [-0.2, -0.15) is 0 Å². The molecule has 3 rings (SSSR count). The van der Waals surface area contributed by atoms with Crippen molar-refractivity contribution in [1.29, 1.82) is 0 Å². The van der Waals surface area contributed by atoms with E-state index in [1.807, 2.05) is 38.1 Å². The second kappa shape index (κ2) is 5.21. The molecule has 0 unspecified atom stereocenters. The predicted octanol–water partition coefficient (Wildman–Crippen LogP) is 4.80. The Labute approximate surface area is 125 Å². The highest BCUT2D eigenvalue weighted by atomic mass is 79.9. The summed E-state index contributed by atoms with van der Waals surface area (Å²) in [5.74, 6) is 1.28. The second-order valence-electron chi connectivity index (χ2n) is 4.60. The van der Waals surface area contributed by atoms with Crippen LogP contribution in [0, 0.1) is 13.8 Å². The molecule has 20 heavy (non-hydrogen) atoms. The molecule has 4 heteroatoms. The van der Waals surface area contributed by atoms with Crippen molar-refractivity contribution >= 4 is 26.7 Å². The first-order chi connectivity index (χ1) is 9.65. The minimum Gasteiger partial charge on any atom is -0.436 e. The summed E-state index contributed by atoms with van der Waals surface area (Å²) in [7, 11) is 0. The van der Waals surface area contributed by atoms with Crippen LogP contribution < -0.4 is 4.74 Å². The summed E-state index contributed by atoms with van der Waals surface area (Å²) < 4.78 is 6.84. The van der Waals surface area contributed by atoms with Gasteiger partial charge in [-0.05, 0) is 46.6 Å². The largest absolute Gasteiger partial charge is 0.436 e. The third kappa shape index (κ3) is 2.39. The Morgan fingerprint density at radius 3 is 2.70 bits per heavy atom. The summed E-state index contributed by atoms with van der Waals surface area (Å²) in [5.41, 5.74) is 1.61. The minimum absolute atomic E-state index is 0.543. The van der Waals surface area contributed by atoms with Gasteiger partial charge in [0.1, 0.15) is 5.75 Å². The first-order valence-corrected chi connectivity index (χ1v) is 7.10. The quantitative estimate of drug-likeness (QED) is 0.677. The van der Waals surface area contributed by atoms with Crippen molar-refractivity contribution in [2.24, 2.45) is 0 Å². The lowest BCUT2D eigenvalue weighted by atomic mass is 10.1. The summed E-state index contributed by atoms with van der Waals surface area (Å²) in [6.07, 6.45) is 1.73. The molecular weight excluding hydrogens is 316 g/mol. The molecular formula is C16H13BrN2O. The van der Waals surface area contributed by atoms with Crippen molar-refractivity contribution in [2.75, 3.05) is 0 Å². The SMILES string of the molecule is Cc1cnc(C)c(Oc2ccc3ccccc3c2Br)n1. The molecule has 0 saturated carbocycles. The van der Waals surface area contributed by atoms with Crippen LogP contribution in [0.1, 0.15) is 11.4 Å². The topological polar surface area (TPSA) is 35.0 Å². The van der Waals surface area contributed by atoms with Crippen LogP contribution in [0.3, 0.4) is 0 Å². The highest BCUT2D eigenvalue weighted by Crippen LogP contribution is 2.35. The van der Waals surface area contributed by atoms with Crippen LogP contribution in [-0.4, -0.2) is 9.97 Å². The van der Waals surface area contributed by atoms with Crippen LogP contribution in [0.25, 0.3) is 10.8 Å². The summed E-state index contributed by atoms with van der Waals surface area (Å²) in [6, 6.07) is 12.1. The Hall–Kier alpha value is -1.94. The lowest BCUT2D eigenvalue weighted by Crippen LogP contribution is -1.96. The third-order valence-corrected chi connectivity index (χ3v) is 3.88. The Morgan fingerprint density at radius 2 is 1.85 bits per heavy atom. The lowest BCUT2D eigenvalue weighted by molar-refractivity contribution is 0.452. The highest BCUT2D eigenvalue weighted by molar-refractivity contribution is 9.10. The van der Waals surface area contributed by atoms with E-state index >= 15 is 0 Å². The molecule has 0 fully saturated rings. The average molecular weight is 329 g/mol. The molecule has 0 bridgehead atoms. The van der Waals surface area contributed by atoms with Crippen molar-refractivity contribution in [3.05, 3.63) is 58.5 Å². The molecule has 3 nitrogen and oxygen atoms in total. The van der Waals surface area contributed by atoms with Crippen molar-refractivity contribution < 1.29 is 4.74 Å². The van der Waals surface area contributed by atoms with Gasteiger partial charge in [-0.15, -0.1) is 0 Å². The number of aryl methyl sites for hydroxylation is 2. The number of aromatic nitrogens is 2.